The number of carbonyl (C=O) groups is 1. The Balaban J connectivity index is 2.36. The lowest BCUT2D eigenvalue weighted by Gasteiger charge is -2.08. The minimum atomic E-state index is -3.88. The highest BCUT2D eigenvalue weighted by Gasteiger charge is 2.25. The van der Waals surface area contributed by atoms with Gasteiger partial charge < -0.3 is 0 Å². The van der Waals surface area contributed by atoms with Gasteiger partial charge in [-0.05, 0) is 12.1 Å². The van der Waals surface area contributed by atoms with E-state index in [4.69, 9.17) is 23.2 Å². The van der Waals surface area contributed by atoms with Crippen molar-refractivity contribution in [3.8, 4) is 0 Å². The number of halogens is 2. The van der Waals surface area contributed by atoms with Crippen LogP contribution in [-0.4, -0.2) is 20.0 Å². The van der Waals surface area contributed by atoms with Crippen molar-refractivity contribution in [3.05, 3.63) is 64.1 Å². The van der Waals surface area contributed by atoms with E-state index in [-0.39, 0.29) is 14.9 Å². The fourth-order valence-electron chi connectivity index (χ4n) is 1.73. The van der Waals surface area contributed by atoms with Gasteiger partial charge in [0, 0.05) is 5.56 Å². The number of carbonyl (C=O) groups excluding carboxylic acids is 1. The summed E-state index contributed by atoms with van der Waals surface area (Å²) < 4.78 is 24.5. The Morgan fingerprint density at radius 2 is 1.45 bits per heavy atom. The largest absolute Gasteiger partial charge is 0.293 e. The van der Waals surface area contributed by atoms with E-state index in [0.717, 1.165) is 0 Å². The van der Waals surface area contributed by atoms with Crippen molar-refractivity contribution in [1.82, 2.24) is 0 Å². The molecule has 0 atom stereocenters. The average molecular weight is 329 g/mol. The molecule has 2 aromatic carbocycles. The first-order valence-corrected chi connectivity index (χ1v) is 8.07. The van der Waals surface area contributed by atoms with E-state index in [1.54, 1.807) is 36.4 Å². The Labute approximate surface area is 127 Å². The summed E-state index contributed by atoms with van der Waals surface area (Å²) in [4.78, 5) is 11.8. The summed E-state index contributed by atoms with van der Waals surface area (Å²) in [5.74, 6) is -1.16. The predicted octanol–water partition coefficient (Wildman–Crippen LogP) is 3.65. The molecule has 0 unspecified atom stereocenters. The minimum Gasteiger partial charge on any atom is -0.293 e. The van der Waals surface area contributed by atoms with Crippen LogP contribution >= 0.6 is 23.2 Å². The summed E-state index contributed by atoms with van der Waals surface area (Å²) in [6.45, 7) is 0. The highest BCUT2D eigenvalue weighted by molar-refractivity contribution is 7.92. The Morgan fingerprint density at radius 3 is 2.00 bits per heavy atom. The van der Waals surface area contributed by atoms with Crippen molar-refractivity contribution >= 4 is 38.8 Å². The minimum absolute atomic E-state index is 0.0124. The number of hydrogen-bond acceptors (Lipinski definition) is 3. The predicted molar refractivity (Wildman–Crippen MR) is 79.3 cm³/mol. The lowest BCUT2D eigenvalue weighted by molar-refractivity contribution is 0.102. The van der Waals surface area contributed by atoms with Crippen LogP contribution in [0.5, 0.6) is 0 Å². The fourth-order valence-corrected chi connectivity index (χ4v) is 4.22. The van der Waals surface area contributed by atoms with Crippen LogP contribution in [0.25, 0.3) is 0 Å². The van der Waals surface area contributed by atoms with E-state index >= 15 is 0 Å². The van der Waals surface area contributed by atoms with E-state index < -0.39 is 21.4 Å². The molecular formula is C14H10Cl2O3S. The van der Waals surface area contributed by atoms with Gasteiger partial charge in [-0.1, -0.05) is 59.6 Å². The zero-order valence-corrected chi connectivity index (χ0v) is 12.5. The average Bonchev–Trinajstić information content (AvgIpc) is 2.38. The summed E-state index contributed by atoms with van der Waals surface area (Å²) in [6.07, 6.45) is 0. The second-order valence-electron chi connectivity index (χ2n) is 4.10. The number of benzene rings is 2. The lowest BCUT2D eigenvalue weighted by Crippen LogP contribution is -2.17. The van der Waals surface area contributed by atoms with Gasteiger partial charge in [0.05, 0.1) is 10.0 Å². The van der Waals surface area contributed by atoms with Crippen LogP contribution in [0.15, 0.2) is 53.4 Å². The van der Waals surface area contributed by atoms with Gasteiger partial charge in [-0.2, -0.15) is 0 Å². The molecule has 0 aromatic heterocycles. The van der Waals surface area contributed by atoms with Crippen LogP contribution < -0.4 is 0 Å². The Morgan fingerprint density at radius 1 is 0.900 bits per heavy atom. The summed E-state index contributed by atoms with van der Waals surface area (Å²) in [6, 6.07) is 12.6. The van der Waals surface area contributed by atoms with Crippen LogP contribution in [0.2, 0.25) is 10.0 Å². The third-order valence-electron chi connectivity index (χ3n) is 2.65. The van der Waals surface area contributed by atoms with Gasteiger partial charge in [-0.15, -0.1) is 0 Å². The zero-order valence-electron chi connectivity index (χ0n) is 10.2. The number of sulfone groups is 1. The third-order valence-corrected chi connectivity index (χ3v) is 5.20. The van der Waals surface area contributed by atoms with Crippen molar-refractivity contribution in [3.63, 3.8) is 0 Å². The summed E-state index contributed by atoms with van der Waals surface area (Å²) in [5, 5.41) is 0.0247. The van der Waals surface area contributed by atoms with Crippen molar-refractivity contribution in [2.75, 3.05) is 5.75 Å². The standard InChI is InChI=1S/C14H10Cl2O3S/c15-11-7-4-8-12(16)14(11)20(18,19)9-13(17)10-5-2-1-3-6-10/h1-8H,9H2. The summed E-state index contributed by atoms with van der Waals surface area (Å²) >= 11 is 11.7. The van der Waals surface area contributed by atoms with Gasteiger partial charge in [-0.3, -0.25) is 4.79 Å². The molecule has 0 aliphatic carbocycles. The van der Waals surface area contributed by atoms with Crippen LogP contribution in [0.4, 0.5) is 0 Å². The van der Waals surface area contributed by atoms with Gasteiger partial charge in [-0.25, -0.2) is 8.42 Å². The molecule has 6 heteroatoms. The maximum Gasteiger partial charge on any atom is 0.188 e. The van der Waals surface area contributed by atoms with Gasteiger partial charge in [0.1, 0.15) is 10.6 Å². The molecule has 0 saturated heterocycles. The molecule has 104 valence electrons. The van der Waals surface area contributed by atoms with E-state index in [1.165, 1.54) is 12.1 Å². The molecule has 2 rings (SSSR count). The molecule has 0 amide bonds. The number of rotatable bonds is 4. The van der Waals surface area contributed by atoms with Gasteiger partial charge in [0.25, 0.3) is 0 Å². The molecular weight excluding hydrogens is 319 g/mol. The van der Waals surface area contributed by atoms with Crippen molar-refractivity contribution in [2.24, 2.45) is 0 Å². The van der Waals surface area contributed by atoms with Gasteiger partial charge in [0.2, 0.25) is 0 Å². The first-order chi connectivity index (χ1) is 9.42. The molecule has 2 aromatic rings. The number of Topliss-reactive ketones (excluding diaryl/α,β-unsaturated/α-hetero) is 1. The molecule has 0 heterocycles. The second kappa shape index (κ2) is 5.95. The van der Waals surface area contributed by atoms with E-state index in [1.807, 2.05) is 0 Å². The highest BCUT2D eigenvalue weighted by Crippen LogP contribution is 2.30. The number of ketones is 1. The van der Waals surface area contributed by atoms with Gasteiger partial charge >= 0.3 is 0 Å². The number of hydrogen-bond donors (Lipinski definition) is 0. The molecule has 0 bridgehead atoms. The first-order valence-electron chi connectivity index (χ1n) is 5.67. The fraction of sp³-hybridized carbons (Fsp3) is 0.0714. The molecule has 20 heavy (non-hydrogen) atoms. The molecule has 0 aliphatic rings. The second-order valence-corrected chi connectivity index (χ2v) is 6.84. The van der Waals surface area contributed by atoms with E-state index in [0.29, 0.717) is 5.56 Å². The maximum absolute atomic E-state index is 12.3. The van der Waals surface area contributed by atoms with Crippen LogP contribution in [0.1, 0.15) is 10.4 Å². The van der Waals surface area contributed by atoms with Crippen LogP contribution in [0, 0.1) is 0 Å². The normalized spacial score (nSPS) is 11.3. The lowest BCUT2D eigenvalue weighted by atomic mass is 10.2. The Hall–Kier alpha value is -1.36. The van der Waals surface area contributed by atoms with Crippen LogP contribution in [-0.2, 0) is 9.84 Å². The van der Waals surface area contributed by atoms with Crippen LogP contribution in [0.3, 0.4) is 0 Å². The molecule has 0 aliphatic heterocycles. The topological polar surface area (TPSA) is 51.2 Å². The smallest absolute Gasteiger partial charge is 0.188 e. The third kappa shape index (κ3) is 3.20. The molecule has 3 nitrogen and oxygen atoms in total. The monoisotopic (exact) mass is 328 g/mol. The van der Waals surface area contributed by atoms with Crippen molar-refractivity contribution in [2.45, 2.75) is 4.90 Å². The summed E-state index contributed by atoms with van der Waals surface area (Å²) in [5.41, 5.74) is 0.333. The van der Waals surface area contributed by atoms with E-state index in [2.05, 4.69) is 0 Å². The molecule has 0 N–H and O–H groups in total. The quantitative estimate of drug-likeness (QED) is 0.805. The van der Waals surface area contributed by atoms with Crippen molar-refractivity contribution in [1.29, 1.82) is 0 Å². The van der Waals surface area contributed by atoms with E-state index in [9.17, 15) is 13.2 Å². The molecule has 0 fully saturated rings. The first kappa shape index (κ1) is 15.0. The Kier molecular flexibility index (Phi) is 4.48. The summed E-state index contributed by atoms with van der Waals surface area (Å²) in [7, 11) is -3.88. The molecule has 0 saturated carbocycles. The molecule has 0 radical (unpaired) electrons. The SMILES string of the molecule is O=C(CS(=O)(=O)c1c(Cl)cccc1Cl)c1ccccc1. The van der Waals surface area contributed by atoms with Crippen molar-refractivity contribution < 1.29 is 13.2 Å². The Bertz CT molecular complexity index is 720. The zero-order chi connectivity index (χ0) is 14.8. The maximum atomic E-state index is 12.3. The van der Waals surface area contributed by atoms with Gasteiger partial charge in [0.15, 0.2) is 15.6 Å². The highest BCUT2D eigenvalue weighted by atomic mass is 35.5. The molecule has 0 spiro atoms.